The van der Waals surface area contributed by atoms with E-state index in [0.29, 0.717) is 0 Å². The molecule has 0 spiro atoms. The van der Waals surface area contributed by atoms with Crippen LogP contribution in [0.25, 0.3) is 0 Å². The van der Waals surface area contributed by atoms with Crippen molar-refractivity contribution in [2.24, 2.45) is 0 Å². The van der Waals surface area contributed by atoms with Gasteiger partial charge in [-0.1, -0.05) is 18.9 Å². The molecule has 0 aromatic rings. The van der Waals surface area contributed by atoms with Crippen molar-refractivity contribution in [3.8, 4) is 0 Å². The minimum atomic E-state index is -4.98. The van der Waals surface area contributed by atoms with Crippen LogP contribution in [-0.2, 0) is 14.3 Å². The number of ether oxygens (including phenoxy) is 1. The van der Waals surface area contributed by atoms with Crippen molar-refractivity contribution in [2.45, 2.75) is 44.7 Å². The fourth-order valence-corrected chi connectivity index (χ4v) is 1.87. The van der Waals surface area contributed by atoms with Crippen molar-refractivity contribution >= 4 is 11.9 Å². The van der Waals surface area contributed by atoms with E-state index in [-0.39, 0.29) is 6.61 Å². The third-order valence-electron chi connectivity index (χ3n) is 2.95. The van der Waals surface area contributed by atoms with Crippen LogP contribution in [0.4, 0.5) is 13.2 Å². The third kappa shape index (κ3) is 6.58. The summed E-state index contributed by atoms with van der Waals surface area (Å²) in [6, 6.07) is 0. The molecule has 1 N–H and O–H groups in total. The number of allylic oxidation sites excluding steroid dienone is 1. The molecule has 1 aliphatic rings. The van der Waals surface area contributed by atoms with Gasteiger partial charge < -0.3 is 10.1 Å². The van der Waals surface area contributed by atoms with E-state index in [9.17, 15) is 22.8 Å². The molecule has 0 unspecified atom stereocenters. The van der Waals surface area contributed by atoms with Crippen molar-refractivity contribution in [3.05, 3.63) is 11.6 Å². The van der Waals surface area contributed by atoms with Crippen molar-refractivity contribution in [1.82, 2.24) is 5.32 Å². The Hall–Kier alpha value is -1.53. The van der Waals surface area contributed by atoms with Gasteiger partial charge in [-0.05, 0) is 31.3 Å². The molecule has 1 amide bonds. The molecule has 0 radical (unpaired) electrons. The normalized spacial score (nSPS) is 19.2. The molecule has 0 heterocycles. The highest BCUT2D eigenvalue weighted by molar-refractivity contribution is 5.85. The third-order valence-corrected chi connectivity index (χ3v) is 2.95. The van der Waals surface area contributed by atoms with E-state index in [2.05, 4.69) is 0 Å². The maximum Gasteiger partial charge on any atom is 0.471 e. The minimum absolute atomic E-state index is 0.0840. The molecule has 114 valence electrons. The standard InChI is InChI=1S/C13H18F3NO3/c14-13(15,16)12(19)17-8-11(18)20-9-10-6-4-2-1-3-5-7-10/h6H,1-5,7-9H2,(H,17,19)/b10-6+. The van der Waals surface area contributed by atoms with Crippen LogP contribution in [0.5, 0.6) is 0 Å². The van der Waals surface area contributed by atoms with Gasteiger partial charge in [-0.3, -0.25) is 9.59 Å². The lowest BCUT2D eigenvalue weighted by Gasteiger charge is -2.12. The molecular weight excluding hydrogens is 275 g/mol. The Balaban J connectivity index is 2.27. The van der Waals surface area contributed by atoms with Gasteiger partial charge in [0, 0.05) is 0 Å². The summed E-state index contributed by atoms with van der Waals surface area (Å²) in [4.78, 5) is 21.7. The number of hydrogen-bond donors (Lipinski definition) is 1. The van der Waals surface area contributed by atoms with E-state index >= 15 is 0 Å². The first-order valence-corrected chi connectivity index (χ1v) is 6.58. The number of esters is 1. The Bertz CT molecular complexity index is 378. The molecule has 7 heteroatoms. The Labute approximate surface area is 115 Å². The van der Waals surface area contributed by atoms with Gasteiger partial charge in [0.1, 0.15) is 13.2 Å². The van der Waals surface area contributed by atoms with E-state index < -0.39 is 24.6 Å². The number of carbonyl (C=O) groups excluding carboxylic acids is 2. The lowest BCUT2D eigenvalue weighted by molar-refractivity contribution is -0.174. The summed E-state index contributed by atoms with van der Waals surface area (Å²) in [5.74, 6) is -3.01. The fourth-order valence-electron chi connectivity index (χ4n) is 1.87. The number of rotatable bonds is 4. The molecule has 0 aromatic heterocycles. The summed E-state index contributed by atoms with van der Waals surface area (Å²) < 4.78 is 40.5. The summed E-state index contributed by atoms with van der Waals surface area (Å²) in [5.41, 5.74) is 0.986. The number of amides is 1. The van der Waals surface area contributed by atoms with Crippen LogP contribution >= 0.6 is 0 Å². The SMILES string of the molecule is O=C(CNC(=O)C(F)(F)F)OC/C1=C/CCCCCC1. The lowest BCUT2D eigenvalue weighted by Crippen LogP contribution is -2.40. The van der Waals surface area contributed by atoms with Crippen LogP contribution in [0.2, 0.25) is 0 Å². The van der Waals surface area contributed by atoms with Crippen molar-refractivity contribution in [2.75, 3.05) is 13.2 Å². The van der Waals surface area contributed by atoms with Gasteiger partial charge in [-0.2, -0.15) is 13.2 Å². The number of carbonyl (C=O) groups is 2. The van der Waals surface area contributed by atoms with Crippen LogP contribution in [-0.4, -0.2) is 31.2 Å². The number of halogens is 3. The predicted octanol–water partition coefficient (Wildman–Crippen LogP) is 2.49. The second kappa shape index (κ2) is 7.91. The van der Waals surface area contributed by atoms with Crippen LogP contribution in [0.15, 0.2) is 11.6 Å². The van der Waals surface area contributed by atoms with Gasteiger partial charge in [0.25, 0.3) is 0 Å². The average Bonchev–Trinajstić information content (AvgIpc) is 2.33. The zero-order chi connectivity index (χ0) is 15.0. The van der Waals surface area contributed by atoms with Gasteiger partial charge in [-0.25, -0.2) is 0 Å². The minimum Gasteiger partial charge on any atom is -0.460 e. The first-order chi connectivity index (χ1) is 9.39. The molecule has 0 aliphatic heterocycles. The first kappa shape index (κ1) is 16.5. The smallest absolute Gasteiger partial charge is 0.460 e. The number of nitrogens with one attached hydrogen (secondary N) is 1. The molecule has 20 heavy (non-hydrogen) atoms. The zero-order valence-corrected chi connectivity index (χ0v) is 11.1. The Morgan fingerprint density at radius 2 is 1.90 bits per heavy atom. The summed E-state index contributed by atoms with van der Waals surface area (Å²) in [7, 11) is 0. The maximum absolute atomic E-state index is 11.9. The quantitative estimate of drug-likeness (QED) is 0.640. The Morgan fingerprint density at radius 3 is 2.60 bits per heavy atom. The predicted molar refractivity (Wildman–Crippen MR) is 65.8 cm³/mol. The van der Waals surface area contributed by atoms with E-state index in [1.54, 1.807) is 0 Å². The highest BCUT2D eigenvalue weighted by Crippen LogP contribution is 2.17. The van der Waals surface area contributed by atoms with E-state index in [4.69, 9.17) is 4.74 Å². The van der Waals surface area contributed by atoms with Gasteiger partial charge in [-0.15, -0.1) is 0 Å². The van der Waals surface area contributed by atoms with Crippen LogP contribution in [0.1, 0.15) is 38.5 Å². The van der Waals surface area contributed by atoms with Crippen LogP contribution in [0, 0.1) is 0 Å². The van der Waals surface area contributed by atoms with E-state index in [1.165, 1.54) is 11.7 Å². The molecular formula is C13H18F3NO3. The average molecular weight is 293 g/mol. The second-order valence-corrected chi connectivity index (χ2v) is 4.66. The summed E-state index contributed by atoms with van der Waals surface area (Å²) >= 11 is 0. The van der Waals surface area contributed by atoms with Crippen molar-refractivity contribution in [3.63, 3.8) is 0 Å². The highest BCUT2D eigenvalue weighted by Gasteiger charge is 2.38. The lowest BCUT2D eigenvalue weighted by atomic mass is 10.0. The zero-order valence-electron chi connectivity index (χ0n) is 11.1. The summed E-state index contributed by atoms with van der Waals surface area (Å²) in [6.45, 7) is -0.688. The largest absolute Gasteiger partial charge is 0.471 e. The summed E-state index contributed by atoms with van der Waals surface area (Å²) in [6.07, 6.45) is 3.23. The molecule has 0 aromatic carbocycles. The molecule has 0 atom stereocenters. The molecule has 0 bridgehead atoms. The maximum atomic E-state index is 11.9. The molecule has 4 nitrogen and oxygen atoms in total. The molecule has 0 saturated carbocycles. The molecule has 0 fully saturated rings. The van der Waals surface area contributed by atoms with Gasteiger partial charge in [0.05, 0.1) is 0 Å². The Morgan fingerprint density at radius 1 is 1.20 bits per heavy atom. The highest BCUT2D eigenvalue weighted by atomic mass is 19.4. The number of alkyl halides is 3. The van der Waals surface area contributed by atoms with E-state index in [1.807, 2.05) is 6.08 Å². The molecule has 0 saturated heterocycles. The Kier molecular flexibility index (Phi) is 6.54. The van der Waals surface area contributed by atoms with Gasteiger partial charge >= 0.3 is 18.1 Å². The molecule has 1 aliphatic carbocycles. The first-order valence-electron chi connectivity index (χ1n) is 6.58. The summed E-state index contributed by atoms with van der Waals surface area (Å²) in [5, 5.41) is 1.47. The fraction of sp³-hybridized carbons (Fsp3) is 0.692. The van der Waals surface area contributed by atoms with Crippen LogP contribution < -0.4 is 5.32 Å². The van der Waals surface area contributed by atoms with Crippen LogP contribution in [0.3, 0.4) is 0 Å². The van der Waals surface area contributed by atoms with E-state index in [0.717, 1.165) is 37.7 Å². The van der Waals surface area contributed by atoms with Gasteiger partial charge in [0.15, 0.2) is 0 Å². The monoisotopic (exact) mass is 293 g/mol. The molecule has 1 rings (SSSR count). The number of hydrogen-bond acceptors (Lipinski definition) is 3. The topological polar surface area (TPSA) is 55.4 Å². The van der Waals surface area contributed by atoms with Gasteiger partial charge in [0.2, 0.25) is 0 Å². The second-order valence-electron chi connectivity index (χ2n) is 4.66. The van der Waals surface area contributed by atoms with Crippen molar-refractivity contribution in [1.29, 1.82) is 0 Å². The van der Waals surface area contributed by atoms with Crippen molar-refractivity contribution < 1.29 is 27.5 Å².